The first-order valence-electron chi connectivity index (χ1n) is 22.3. The second kappa shape index (κ2) is 21.3. The lowest BCUT2D eigenvalue weighted by atomic mass is 9.87. The number of nitrogens with zero attached hydrogens (tertiary/aromatic N) is 3. The minimum Gasteiger partial charge on any atom is -0.380 e. The molecule has 1 aliphatic carbocycles. The number of piperazine rings is 1. The van der Waals surface area contributed by atoms with Crippen molar-refractivity contribution < 1.29 is 34.8 Å². The number of allylic oxidation sites excluding steroid dienone is 1. The molecule has 0 bridgehead atoms. The highest BCUT2D eigenvalue weighted by molar-refractivity contribution is 7.99. The van der Waals surface area contributed by atoms with Gasteiger partial charge in [0.1, 0.15) is 4.90 Å². The average molecular weight is 973 g/mol. The van der Waals surface area contributed by atoms with Gasteiger partial charge in [0.25, 0.3) is 25.8 Å². The standard InChI is InChI=1S/C48H57ClF3N5O5S3/c1-34-14-15-35(2)57(34)26-8-10-40(33-63-42-11-4-3-5-12-42)53-45-25-24-43(31-46(45)64(59,60)48(50,51)52)65(61,62)54-47(58)37-18-22-41(23-19-37)56-29-27-55(28-30-56)32-38-9-6-7-13-44(38)36-16-20-39(49)21-17-36/h3-5,11-12,16-25,31,34-35,40,53H,6-10,13-15,26-30,32-33H2,1-2H3,(H,54,58)/t34-,35+,40-/m1/s1. The molecule has 0 radical (unpaired) electrons. The molecule has 0 aromatic heterocycles. The Morgan fingerprint density at radius 2 is 1.51 bits per heavy atom. The Hall–Kier alpha value is -4.06. The van der Waals surface area contributed by atoms with E-state index in [1.54, 1.807) is 12.1 Å². The largest absolute Gasteiger partial charge is 0.501 e. The zero-order chi connectivity index (χ0) is 46.4. The van der Waals surface area contributed by atoms with Crippen molar-refractivity contribution in [2.75, 3.05) is 55.2 Å². The maximum absolute atomic E-state index is 14.2. The van der Waals surface area contributed by atoms with E-state index in [9.17, 15) is 34.8 Å². The normalized spacial score (nSPS) is 19.6. The van der Waals surface area contributed by atoms with E-state index in [1.165, 1.54) is 53.4 Å². The minimum atomic E-state index is -6.04. The summed E-state index contributed by atoms with van der Waals surface area (Å²) in [7, 11) is -10.9. The van der Waals surface area contributed by atoms with Crippen LogP contribution in [0.3, 0.4) is 0 Å². The van der Waals surface area contributed by atoms with Gasteiger partial charge in [-0.3, -0.25) is 14.6 Å². The van der Waals surface area contributed by atoms with Crippen LogP contribution in [0.5, 0.6) is 0 Å². The molecule has 4 aromatic rings. The molecule has 10 nitrogen and oxygen atoms in total. The fourth-order valence-electron chi connectivity index (χ4n) is 9.12. The van der Waals surface area contributed by atoms with Crippen LogP contribution in [0.4, 0.5) is 24.5 Å². The van der Waals surface area contributed by atoms with Gasteiger partial charge in [-0.1, -0.05) is 47.5 Å². The molecule has 7 rings (SSSR count). The Bertz CT molecular complexity index is 2510. The molecular formula is C48H57ClF3N5O5S3. The number of hydrogen-bond donors (Lipinski definition) is 2. The molecule has 0 saturated carbocycles. The first kappa shape index (κ1) is 48.9. The smallest absolute Gasteiger partial charge is 0.380 e. The second-order valence-corrected chi connectivity index (χ2v) is 22.4. The average Bonchev–Trinajstić information content (AvgIpc) is 3.61. The summed E-state index contributed by atoms with van der Waals surface area (Å²) in [6, 6.07) is 26.8. The molecule has 1 amide bonds. The van der Waals surface area contributed by atoms with Gasteiger partial charge in [-0.2, -0.15) is 13.2 Å². The molecule has 350 valence electrons. The van der Waals surface area contributed by atoms with E-state index >= 15 is 0 Å². The van der Waals surface area contributed by atoms with Gasteiger partial charge in [0.15, 0.2) is 0 Å². The molecule has 2 N–H and O–H groups in total. The second-order valence-electron chi connectivity index (χ2n) is 17.3. The van der Waals surface area contributed by atoms with Crippen LogP contribution in [-0.4, -0.2) is 101 Å². The van der Waals surface area contributed by atoms with E-state index < -0.39 is 47.1 Å². The highest BCUT2D eigenvalue weighted by atomic mass is 35.5. The van der Waals surface area contributed by atoms with Crippen LogP contribution in [0.25, 0.3) is 5.57 Å². The molecule has 2 aliphatic heterocycles. The molecule has 17 heteroatoms. The van der Waals surface area contributed by atoms with Gasteiger partial charge >= 0.3 is 5.51 Å². The number of nitrogens with one attached hydrogen (secondary N) is 2. The molecular weight excluding hydrogens is 915 g/mol. The van der Waals surface area contributed by atoms with Crippen molar-refractivity contribution in [1.82, 2.24) is 14.5 Å². The topological polar surface area (TPSA) is 119 Å². The Morgan fingerprint density at radius 3 is 2.17 bits per heavy atom. The number of rotatable bonds is 17. The van der Waals surface area contributed by atoms with Gasteiger partial charge in [0.05, 0.1) is 10.6 Å². The molecule has 0 spiro atoms. The summed E-state index contributed by atoms with van der Waals surface area (Å²) in [5.74, 6) is -0.614. The zero-order valence-corrected chi connectivity index (χ0v) is 39.9. The van der Waals surface area contributed by atoms with Crippen LogP contribution in [0.2, 0.25) is 5.02 Å². The number of carbonyl (C=O) groups is 1. The number of alkyl halides is 3. The van der Waals surface area contributed by atoms with Gasteiger partial charge in [0, 0.05) is 77.8 Å². The Kier molecular flexibility index (Phi) is 16.0. The fraction of sp³-hybridized carbons (Fsp3) is 0.438. The maximum Gasteiger partial charge on any atom is 0.501 e. The number of benzene rings is 4. The lowest BCUT2D eigenvalue weighted by Crippen LogP contribution is -2.47. The molecule has 0 unspecified atom stereocenters. The zero-order valence-electron chi connectivity index (χ0n) is 36.7. The number of sulfone groups is 1. The summed E-state index contributed by atoms with van der Waals surface area (Å²) < 4.78 is 98.0. The number of anilines is 2. The van der Waals surface area contributed by atoms with Crippen LogP contribution in [-0.2, 0) is 19.9 Å². The number of carbonyl (C=O) groups excluding carboxylic acids is 1. The van der Waals surface area contributed by atoms with Crippen molar-refractivity contribution in [3.63, 3.8) is 0 Å². The predicted octanol–water partition coefficient (Wildman–Crippen LogP) is 10.1. The lowest BCUT2D eigenvalue weighted by Gasteiger charge is -2.37. The minimum absolute atomic E-state index is 0.00725. The summed E-state index contributed by atoms with van der Waals surface area (Å²) in [6.45, 7) is 9.19. The van der Waals surface area contributed by atoms with E-state index in [0.717, 1.165) is 92.7 Å². The maximum atomic E-state index is 14.2. The Morgan fingerprint density at radius 1 is 0.846 bits per heavy atom. The van der Waals surface area contributed by atoms with Crippen molar-refractivity contribution in [2.24, 2.45) is 0 Å². The highest BCUT2D eigenvalue weighted by Gasteiger charge is 2.48. The van der Waals surface area contributed by atoms with E-state index in [2.05, 4.69) is 46.0 Å². The number of hydrogen-bond acceptors (Lipinski definition) is 10. The number of halogens is 4. The van der Waals surface area contributed by atoms with Crippen LogP contribution in [0.1, 0.15) is 81.1 Å². The molecule has 2 saturated heterocycles. The molecule has 3 aliphatic rings. The molecule has 3 atom stereocenters. The highest BCUT2D eigenvalue weighted by Crippen LogP contribution is 2.38. The number of amides is 1. The van der Waals surface area contributed by atoms with Crippen molar-refractivity contribution in [3.05, 3.63) is 119 Å². The first-order valence-corrected chi connectivity index (χ1v) is 26.6. The quantitative estimate of drug-likeness (QED) is 0.0991. The third-order valence-corrected chi connectivity index (χ3v) is 17.1. The van der Waals surface area contributed by atoms with Crippen LogP contribution >= 0.6 is 23.4 Å². The van der Waals surface area contributed by atoms with Crippen molar-refractivity contribution in [3.8, 4) is 0 Å². The number of sulfonamides is 1. The van der Waals surface area contributed by atoms with E-state index in [4.69, 9.17) is 11.6 Å². The molecule has 2 fully saturated rings. The van der Waals surface area contributed by atoms with Crippen molar-refractivity contribution in [2.45, 2.75) is 104 Å². The first-order chi connectivity index (χ1) is 31.0. The van der Waals surface area contributed by atoms with Gasteiger partial charge in [-0.25, -0.2) is 21.6 Å². The Balaban J connectivity index is 1.02. The van der Waals surface area contributed by atoms with E-state index in [1.807, 2.05) is 47.2 Å². The summed E-state index contributed by atoms with van der Waals surface area (Å²) in [5.41, 5.74) is -1.14. The van der Waals surface area contributed by atoms with E-state index in [0.29, 0.717) is 36.7 Å². The summed E-state index contributed by atoms with van der Waals surface area (Å²) >= 11 is 7.63. The van der Waals surface area contributed by atoms with Crippen molar-refractivity contribution in [1.29, 1.82) is 0 Å². The molecule has 2 heterocycles. The third-order valence-electron chi connectivity index (χ3n) is 12.8. The molecule has 4 aromatic carbocycles. The van der Waals surface area contributed by atoms with Crippen LogP contribution in [0, 0.1) is 0 Å². The predicted molar refractivity (Wildman–Crippen MR) is 255 cm³/mol. The van der Waals surface area contributed by atoms with E-state index in [-0.39, 0.29) is 11.3 Å². The monoisotopic (exact) mass is 971 g/mol. The van der Waals surface area contributed by atoms with Crippen LogP contribution < -0.4 is 14.9 Å². The van der Waals surface area contributed by atoms with Crippen molar-refractivity contribution >= 4 is 66.1 Å². The Labute approximate surface area is 391 Å². The summed E-state index contributed by atoms with van der Waals surface area (Å²) in [6.07, 6.45) is 7.84. The molecule has 65 heavy (non-hydrogen) atoms. The summed E-state index contributed by atoms with van der Waals surface area (Å²) in [4.78, 5) is 19.3. The van der Waals surface area contributed by atoms with Gasteiger partial charge < -0.3 is 10.2 Å². The number of likely N-dealkylation sites (tertiary alicyclic amines) is 1. The lowest BCUT2D eigenvalue weighted by molar-refractivity contribution is -0.0435. The summed E-state index contributed by atoms with van der Waals surface area (Å²) in [5, 5.41) is 3.76. The third kappa shape index (κ3) is 12.3. The van der Waals surface area contributed by atoms with Crippen LogP contribution in [0.15, 0.2) is 117 Å². The SMILES string of the molecule is C[C@@H]1CC[C@H](C)N1CCC[C@H](CSc1ccccc1)Nc1ccc(S(=O)(=O)NC(=O)c2ccc(N3CCN(CC4=C(c5ccc(Cl)cc5)CCCC4)CC3)cc2)cc1S(=O)(=O)C(F)(F)F. The fourth-order valence-corrected chi connectivity index (χ4v) is 12.3. The van der Waals surface area contributed by atoms with Gasteiger partial charge in [0.2, 0.25) is 0 Å². The number of thioether (sulfide) groups is 1. The van der Waals surface area contributed by atoms with Gasteiger partial charge in [-0.05, 0) is 150 Å². The van der Waals surface area contributed by atoms with Gasteiger partial charge in [-0.15, -0.1) is 11.8 Å².